The summed E-state index contributed by atoms with van der Waals surface area (Å²) >= 11 is 12.9. The van der Waals surface area contributed by atoms with E-state index in [4.69, 9.17) is 27.9 Å². The molecule has 4 rings (SSSR count). The number of hydrogen-bond acceptors (Lipinski definition) is 5. The van der Waals surface area contributed by atoms with Crippen LogP contribution in [-0.2, 0) is 16.2 Å². The minimum absolute atomic E-state index is 0.235. The monoisotopic (exact) mass is 554 g/mol. The first-order valence-electron chi connectivity index (χ1n) is 11.4. The average Bonchev–Trinajstić information content (AvgIpc) is 3.08. The lowest BCUT2D eigenvalue weighted by atomic mass is 10.1. The van der Waals surface area contributed by atoms with Gasteiger partial charge in [-0.05, 0) is 79.6 Å². The van der Waals surface area contributed by atoms with Crippen molar-refractivity contribution in [3.8, 4) is 5.75 Å². The molecule has 0 radical (unpaired) electrons. The second kappa shape index (κ2) is 11.4. The normalized spacial score (nSPS) is 14.4. The number of nitrogens with one attached hydrogen (secondary N) is 1. The number of benzene rings is 3. The van der Waals surface area contributed by atoms with Gasteiger partial charge in [0.1, 0.15) is 18.9 Å². The lowest BCUT2D eigenvalue weighted by Gasteiger charge is -2.15. The van der Waals surface area contributed by atoms with E-state index in [1.807, 2.05) is 32.9 Å². The van der Waals surface area contributed by atoms with Crippen LogP contribution in [0, 0.1) is 20.8 Å². The Labute approximate surface area is 229 Å². The van der Waals surface area contributed by atoms with E-state index in [0.29, 0.717) is 27.0 Å². The molecule has 0 spiro atoms. The predicted octanol–water partition coefficient (Wildman–Crippen LogP) is 7.17. The maximum absolute atomic E-state index is 12.9. The summed E-state index contributed by atoms with van der Waals surface area (Å²) in [4.78, 5) is 39.3. The molecular formula is C28H24Cl2N2O4S. The summed E-state index contributed by atoms with van der Waals surface area (Å²) in [6.07, 6.45) is 1.61. The van der Waals surface area contributed by atoms with E-state index < -0.39 is 17.1 Å². The molecule has 3 aromatic carbocycles. The summed E-state index contributed by atoms with van der Waals surface area (Å²) in [7, 11) is 0. The molecule has 0 atom stereocenters. The van der Waals surface area contributed by atoms with Gasteiger partial charge in [-0.1, -0.05) is 59.1 Å². The van der Waals surface area contributed by atoms with Crippen molar-refractivity contribution in [2.24, 2.45) is 0 Å². The van der Waals surface area contributed by atoms with Crippen LogP contribution in [0.1, 0.15) is 27.8 Å². The van der Waals surface area contributed by atoms with Crippen LogP contribution in [0.15, 0.2) is 59.5 Å². The largest absolute Gasteiger partial charge is 0.489 e. The zero-order valence-corrected chi connectivity index (χ0v) is 22.8. The Hall–Kier alpha value is -3.26. The number of aryl methyl sites for hydroxylation is 3. The Morgan fingerprint density at radius 1 is 1.03 bits per heavy atom. The molecule has 0 bridgehead atoms. The first-order chi connectivity index (χ1) is 17.6. The Balaban J connectivity index is 1.42. The number of anilines is 1. The van der Waals surface area contributed by atoms with Crippen LogP contribution >= 0.6 is 35.0 Å². The molecule has 3 amide bonds. The Morgan fingerprint density at radius 2 is 1.76 bits per heavy atom. The second-order valence-corrected chi connectivity index (χ2v) is 10.5. The predicted molar refractivity (Wildman–Crippen MR) is 149 cm³/mol. The molecule has 0 unspecified atom stereocenters. The molecule has 37 heavy (non-hydrogen) atoms. The highest BCUT2D eigenvalue weighted by molar-refractivity contribution is 8.18. The molecule has 1 heterocycles. The molecule has 9 heteroatoms. The molecule has 0 aliphatic carbocycles. The van der Waals surface area contributed by atoms with Gasteiger partial charge in [-0.3, -0.25) is 19.3 Å². The molecule has 1 aliphatic heterocycles. The number of carbonyl (C=O) groups excluding carboxylic acids is 3. The van der Waals surface area contributed by atoms with E-state index in [-0.39, 0.29) is 18.1 Å². The Kier molecular flexibility index (Phi) is 8.27. The number of nitrogens with zero attached hydrogens (tertiary/aromatic N) is 1. The summed E-state index contributed by atoms with van der Waals surface area (Å²) < 4.78 is 5.84. The third-order valence-corrected chi connectivity index (χ3v) is 7.18. The van der Waals surface area contributed by atoms with Crippen LogP contribution in [-0.4, -0.2) is 28.5 Å². The number of amides is 3. The van der Waals surface area contributed by atoms with Crippen molar-refractivity contribution in [1.82, 2.24) is 4.90 Å². The number of thioether (sulfide) groups is 1. The van der Waals surface area contributed by atoms with Crippen LogP contribution in [0.2, 0.25) is 10.0 Å². The van der Waals surface area contributed by atoms with Crippen molar-refractivity contribution in [1.29, 1.82) is 0 Å². The summed E-state index contributed by atoms with van der Waals surface area (Å²) in [5.74, 6) is -0.376. The van der Waals surface area contributed by atoms with Crippen molar-refractivity contribution in [2.45, 2.75) is 27.4 Å². The zero-order valence-electron chi connectivity index (χ0n) is 20.4. The highest BCUT2D eigenvalue weighted by atomic mass is 35.5. The number of rotatable bonds is 7. The summed E-state index contributed by atoms with van der Waals surface area (Å²) in [5, 5.41) is 3.39. The summed E-state index contributed by atoms with van der Waals surface area (Å²) in [6.45, 7) is 5.67. The number of ether oxygens (including phenoxy) is 1. The minimum atomic E-state index is -0.512. The van der Waals surface area contributed by atoms with Crippen molar-refractivity contribution < 1.29 is 19.1 Å². The fourth-order valence-electron chi connectivity index (χ4n) is 3.98. The summed E-state index contributed by atoms with van der Waals surface area (Å²) in [6, 6.07) is 16.2. The minimum Gasteiger partial charge on any atom is -0.489 e. The van der Waals surface area contributed by atoms with E-state index >= 15 is 0 Å². The van der Waals surface area contributed by atoms with Crippen molar-refractivity contribution in [3.63, 3.8) is 0 Å². The molecule has 1 aliphatic rings. The molecule has 1 N–H and O–H groups in total. The van der Waals surface area contributed by atoms with E-state index in [0.717, 1.165) is 38.9 Å². The topological polar surface area (TPSA) is 75.7 Å². The fraction of sp³-hybridized carbons (Fsp3) is 0.179. The lowest BCUT2D eigenvalue weighted by Crippen LogP contribution is -2.36. The van der Waals surface area contributed by atoms with Gasteiger partial charge < -0.3 is 10.1 Å². The molecule has 190 valence electrons. The van der Waals surface area contributed by atoms with Gasteiger partial charge >= 0.3 is 0 Å². The highest BCUT2D eigenvalue weighted by Gasteiger charge is 2.36. The molecule has 6 nitrogen and oxygen atoms in total. The first kappa shape index (κ1) is 26.8. The lowest BCUT2D eigenvalue weighted by molar-refractivity contribution is -0.127. The van der Waals surface area contributed by atoms with Gasteiger partial charge in [-0.25, -0.2) is 0 Å². The van der Waals surface area contributed by atoms with Crippen molar-refractivity contribution in [3.05, 3.63) is 97.4 Å². The number of halogens is 2. The van der Waals surface area contributed by atoms with Gasteiger partial charge in [-0.2, -0.15) is 0 Å². The average molecular weight is 555 g/mol. The van der Waals surface area contributed by atoms with Gasteiger partial charge in [0.15, 0.2) is 0 Å². The van der Waals surface area contributed by atoms with Crippen LogP contribution in [0.3, 0.4) is 0 Å². The molecule has 1 saturated heterocycles. The fourth-order valence-corrected chi connectivity index (χ4v) is 5.28. The van der Waals surface area contributed by atoms with E-state index in [9.17, 15) is 14.4 Å². The van der Waals surface area contributed by atoms with Crippen molar-refractivity contribution >= 4 is 63.8 Å². The van der Waals surface area contributed by atoms with Crippen LogP contribution in [0.4, 0.5) is 10.5 Å². The smallest absolute Gasteiger partial charge is 0.294 e. The quantitative estimate of drug-likeness (QED) is 0.313. The van der Waals surface area contributed by atoms with Crippen LogP contribution in [0.25, 0.3) is 6.08 Å². The SMILES string of the molecule is Cc1cc(C)c(NC(=O)CN2C(=O)S/C(=C/c3cccc(OCc4ccc(Cl)cc4Cl)c3)C2=O)c(C)c1. The van der Waals surface area contributed by atoms with Crippen molar-refractivity contribution in [2.75, 3.05) is 11.9 Å². The van der Waals surface area contributed by atoms with Gasteiger partial charge in [0.25, 0.3) is 11.1 Å². The van der Waals surface area contributed by atoms with E-state index in [1.165, 1.54) is 0 Å². The number of carbonyl (C=O) groups is 3. The van der Waals surface area contributed by atoms with Gasteiger partial charge in [0.05, 0.1) is 4.91 Å². The van der Waals surface area contributed by atoms with E-state index in [2.05, 4.69) is 5.32 Å². The third-order valence-electron chi connectivity index (χ3n) is 5.68. The molecule has 1 fully saturated rings. The van der Waals surface area contributed by atoms with Gasteiger partial charge in [0.2, 0.25) is 5.91 Å². The van der Waals surface area contributed by atoms with Crippen LogP contribution in [0.5, 0.6) is 5.75 Å². The molecule has 3 aromatic rings. The zero-order chi connectivity index (χ0) is 26.7. The first-order valence-corrected chi connectivity index (χ1v) is 13.0. The maximum Gasteiger partial charge on any atom is 0.294 e. The third kappa shape index (κ3) is 6.55. The highest BCUT2D eigenvalue weighted by Crippen LogP contribution is 2.33. The second-order valence-electron chi connectivity index (χ2n) is 8.69. The number of hydrogen-bond donors (Lipinski definition) is 1. The van der Waals surface area contributed by atoms with Crippen LogP contribution < -0.4 is 10.1 Å². The number of imide groups is 1. The maximum atomic E-state index is 12.9. The standard InChI is InChI=1S/C28H24Cl2N2O4S/c1-16-9-17(2)26(18(3)10-16)31-25(33)14-32-27(34)24(37-28(32)35)12-19-5-4-6-22(11-19)36-15-20-7-8-21(29)13-23(20)30/h4-13H,14-15H2,1-3H3,(H,31,33)/b24-12+. The van der Waals surface area contributed by atoms with E-state index in [1.54, 1.807) is 48.5 Å². The summed E-state index contributed by atoms with van der Waals surface area (Å²) in [5.41, 5.74) is 5.08. The van der Waals surface area contributed by atoms with Gasteiger partial charge in [-0.15, -0.1) is 0 Å². The molecular weight excluding hydrogens is 531 g/mol. The Morgan fingerprint density at radius 3 is 2.46 bits per heavy atom. The molecule has 0 saturated carbocycles. The Bertz CT molecular complexity index is 1410. The molecule has 0 aromatic heterocycles. The van der Waals surface area contributed by atoms with Gasteiger partial charge in [0, 0.05) is 21.3 Å².